The first-order valence-corrected chi connectivity index (χ1v) is 9.63. The van der Waals surface area contributed by atoms with Crippen molar-refractivity contribution in [2.45, 2.75) is 30.7 Å². The second-order valence-corrected chi connectivity index (χ2v) is 7.07. The molecule has 0 bridgehead atoms. The van der Waals surface area contributed by atoms with Gasteiger partial charge in [0, 0.05) is 17.6 Å². The van der Waals surface area contributed by atoms with E-state index in [1.165, 1.54) is 17.3 Å². The van der Waals surface area contributed by atoms with Crippen LogP contribution in [0.2, 0.25) is 0 Å². The molecule has 2 amide bonds. The molecule has 8 heteroatoms. The molecule has 0 aliphatic heterocycles. The first-order chi connectivity index (χ1) is 13.4. The van der Waals surface area contributed by atoms with Gasteiger partial charge in [0.15, 0.2) is 6.61 Å². The van der Waals surface area contributed by atoms with Crippen molar-refractivity contribution in [3.63, 3.8) is 0 Å². The third-order valence-electron chi connectivity index (χ3n) is 3.84. The number of hydrogen-bond donors (Lipinski definition) is 2. The SMILES string of the molecule is CCNC(=O)CNC(=O)COC(=O)c1cccnc1Sc1ccc(C)c(C)c1. The molecule has 0 spiro atoms. The van der Waals surface area contributed by atoms with Crippen LogP contribution in [0.15, 0.2) is 46.5 Å². The predicted octanol–water partition coefficient (Wildman–Crippen LogP) is 2.26. The Labute approximate surface area is 168 Å². The summed E-state index contributed by atoms with van der Waals surface area (Å²) < 4.78 is 5.07. The molecule has 0 saturated heterocycles. The highest BCUT2D eigenvalue weighted by molar-refractivity contribution is 7.99. The number of pyridine rings is 1. The molecule has 0 radical (unpaired) electrons. The smallest absolute Gasteiger partial charge is 0.341 e. The van der Waals surface area contributed by atoms with Crippen LogP contribution < -0.4 is 10.6 Å². The number of benzene rings is 1. The van der Waals surface area contributed by atoms with Crippen LogP contribution in [-0.2, 0) is 14.3 Å². The van der Waals surface area contributed by atoms with E-state index in [9.17, 15) is 14.4 Å². The van der Waals surface area contributed by atoms with Gasteiger partial charge in [-0.05, 0) is 56.2 Å². The zero-order valence-electron chi connectivity index (χ0n) is 16.1. The minimum absolute atomic E-state index is 0.162. The zero-order valence-corrected chi connectivity index (χ0v) is 16.9. The number of esters is 1. The van der Waals surface area contributed by atoms with Crippen molar-refractivity contribution in [3.05, 3.63) is 53.2 Å². The van der Waals surface area contributed by atoms with Gasteiger partial charge in [-0.25, -0.2) is 9.78 Å². The highest BCUT2D eigenvalue weighted by Gasteiger charge is 2.16. The van der Waals surface area contributed by atoms with Crippen LogP contribution in [0.4, 0.5) is 0 Å². The molecular weight excluding hydrogens is 378 g/mol. The topological polar surface area (TPSA) is 97.4 Å². The molecule has 0 unspecified atom stereocenters. The lowest BCUT2D eigenvalue weighted by Crippen LogP contribution is -2.38. The number of carbonyl (C=O) groups is 3. The molecule has 148 valence electrons. The van der Waals surface area contributed by atoms with E-state index in [1.54, 1.807) is 25.3 Å². The number of nitrogens with one attached hydrogen (secondary N) is 2. The summed E-state index contributed by atoms with van der Waals surface area (Å²) in [5, 5.41) is 5.45. The lowest BCUT2D eigenvalue weighted by molar-refractivity contribution is -0.127. The Morgan fingerprint density at radius 3 is 2.57 bits per heavy atom. The van der Waals surface area contributed by atoms with Crippen molar-refractivity contribution in [2.24, 2.45) is 0 Å². The molecule has 1 aromatic carbocycles. The second-order valence-electron chi connectivity index (χ2n) is 6.01. The summed E-state index contributed by atoms with van der Waals surface area (Å²) in [6, 6.07) is 9.24. The molecule has 2 N–H and O–H groups in total. The molecule has 0 aliphatic rings. The number of hydrogen-bond acceptors (Lipinski definition) is 6. The summed E-state index contributed by atoms with van der Waals surface area (Å²) in [6.45, 7) is 5.68. The Kier molecular flexibility index (Phi) is 8.01. The molecule has 7 nitrogen and oxygen atoms in total. The second kappa shape index (κ2) is 10.5. The third kappa shape index (κ3) is 6.38. The maximum atomic E-state index is 12.4. The van der Waals surface area contributed by atoms with E-state index < -0.39 is 18.5 Å². The Morgan fingerprint density at radius 2 is 1.86 bits per heavy atom. The van der Waals surface area contributed by atoms with Crippen LogP contribution in [-0.4, -0.2) is 42.5 Å². The highest BCUT2D eigenvalue weighted by atomic mass is 32.2. The predicted molar refractivity (Wildman–Crippen MR) is 106 cm³/mol. The molecule has 0 aliphatic carbocycles. The van der Waals surface area contributed by atoms with E-state index in [1.807, 2.05) is 32.0 Å². The van der Waals surface area contributed by atoms with Crippen molar-refractivity contribution in [3.8, 4) is 0 Å². The van der Waals surface area contributed by atoms with Crippen LogP contribution in [0.3, 0.4) is 0 Å². The molecule has 2 rings (SSSR count). The van der Waals surface area contributed by atoms with Gasteiger partial charge in [-0.15, -0.1) is 0 Å². The van der Waals surface area contributed by atoms with Gasteiger partial charge in [0.25, 0.3) is 5.91 Å². The number of nitrogens with zero attached hydrogens (tertiary/aromatic N) is 1. The first-order valence-electron chi connectivity index (χ1n) is 8.81. The van der Waals surface area contributed by atoms with Gasteiger partial charge in [-0.3, -0.25) is 9.59 Å². The van der Waals surface area contributed by atoms with E-state index in [0.29, 0.717) is 11.6 Å². The minimum Gasteiger partial charge on any atom is -0.452 e. The average molecular weight is 401 g/mol. The maximum absolute atomic E-state index is 12.4. The highest BCUT2D eigenvalue weighted by Crippen LogP contribution is 2.30. The van der Waals surface area contributed by atoms with Gasteiger partial charge in [0.05, 0.1) is 12.1 Å². The van der Waals surface area contributed by atoms with Gasteiger partial charge in [-0.1, -0.05) is 17.8 Å². The van der Waals surface area contributed by atoms with E-state index >= 15 is 0 Å². The van der Waals surface area contributed by atoms with Crippen LogP contribution in [0.5, 0.6) is 0 Å². The quantitative estimate of drug-likeness (QED) is 0.659. The monoisotopic (exact) mass is 401 g/mol. The fraction of sp³-hybridized carbons (Fsp3) is 0.300. The number of rotatable bonds is 8. The van der Waals surface area contributed by atoms with Crippen LogP contribution in [0, 0.1) is 13.8 Å². The zero-order chi connectivity index (χ0) is 20.5. The molecular formula is C20H23N3O4S. The summed E-state index contributed by atoms with van der Waals surface area (Å²) in [7, 11) is 0. The number of carbonyl (C=O) groups excluding carboxylic acids is 3. The Hall–Kier alpha value is -2.87. The summed E-state index contributed by atoms with van der Waals surface area (Å²) in [5.74, 6) is -1.50. The average Bonchev–Trinajstić information content (AvgIpc) is 2.68. The van der Waals surface area contributed by atoms with Crippen molar-refractivity contribution in [2.75, 3.05) is 19.7 Å². The van der Waals surface area contributed by atoms with E-state index in [4.69, 9.17) is 4.74 Å². The number of amides is 2. The summed E-state index contributed by atoms with van der Waals surface area (Å²) in [4.78, 5) is 40.7. The molecule has 1 heterocycles. The first kappa shape index (κ1) is 21.4. The van der Waals surface area contributed by atoms with Gasteiger partial charge < -0.3 is 15.4 Å². The van der Waals surface area contributed by atoms with Gasteiger partial charge in [0.2, 0.25) is 5.91 Å². The molecule has 2 aromatic rings. The van der Waals surface area contributed by atoms with E-state index in [0.717, 1.165) is 10.5 Å². The molecule has 0 atom stereocenters. The molecule has 28 heavy (non-hydrogen) atoms. The van der Waals surface area contributed by atoms with Crippen molar-refractivity contribution >= 4 is 29.5 Å². The third-order valence-corrected chi connectivity index (χ3v) is 4.85. The van der Waals surface area contributed by atoms with Crippen LogP contribution in [0.25, 0.3) is 0 Å². The summed E-state index contributed by atoms with van der Waals surface area (Å²) in [5.41, 5.74) is 2.61. The fourth-order valence-electron chi connectivity index (χ4n) is 2.21. The van der Waals surface area contributed by atoms with Gasteiger partial charge >= 0.3 is 5.97 Å². The summed E-state index contributed by atoms with van der Waals surface area (Å²) in [6.07, 6.45) is 1.60. The minimum atomic E-state index is -0.646. The van der Waals surface area contributed by atoms with Gasteiger partial charge in [-0.2, -0.15) is 0 Å². The Balaban J connectivity index is 1.97. The standard InChI is InChI=1S/C20H23N3O4S/c1-4-21-17(24)11-23-18(25)12-27-20(26)16-6-5-9-22-19(16)28-15-8-7-13(2)14(3)10-15/h5-10H,4,11-12H2,1-3H3,(H,21,24)(H,23,25). The largest absolute Gasteiger partial charge is 0.452 e. The lowest BCUT2D eigenvalue weighted by atomic mass is 10.1. The number of ether oxygens (including phenoxy) is 1. The van der Waals surface area contributed by atoms with E-state index in [-0.39, 0.29) is 18.0 Å². The van der Waals surface area contributed by atoms with E-state index in [2.05, 4.69) is 15.6 Å². The normalized spacial score (nSPS) is 10.2. The van der Waals surface area contributed by atoms with Crippen LogP contribution >= 0.6 is 11.8 Å². The Bertz CT molecular complexity index is 870. The fourth-order valence-corrected chi connectivity index (χ4v) is 3.18. The molecule has 0 fully saturated rings. The van der Waals surface area contributed by atoms with Crippen molar-refractivity contribution in [1.82, 2.24) is 15.6 Å². The summed E-state index contributed by atoms with van der Waals surface area (Å²) >= 11 is 1.35. The number of aryl methyl sites for hydroxylation is 2. The maximum Gasteiger partial charge on any atom is 0.341 e. The lowest BCUT2D eigenvalue weighted by Gasteiger charge is -2.10. The Morgan fingerprint density at radius 1 is 1.07 bits per heavy atom. The van der Waals surface area contributed by atoms with Crippen molar-refractivity contribution < 1.29 is 19.1 Å². The van der Waals surface area contributed by atoms with Crippen LogP contribution in [0.1, 0.15) is 28.4 Å². The van der Waals surface area contributed by atoms with Crippen molar-refractivity contribution in [1.29, 1.82) is 0 Å². The van der Waals surface area contributed by atoms with Gasteiger partial charge in [0.1, 0.15) is 5.03 Å². The number of aromatic nitrogens is 1. The molecule has 1 aromatic heterocycles. The number of likely N-dealkylation sites (N-methyl/N-ethyl adjacent to an activating group) is 1. The molecule has 0 saturated carbocycles.